The minimum Gasteiger partial charge on any atom is -0.478 e. The van der Waals surface area contributed by atoms with E-state index in [0.29, 0.717) is 12.1 Å². The van der Waals surface area contributed by atoms with Crippen LogP contribution in [0.3, 0.4) is 0 Å². The minimum atomic E-state index is -0.932. The van der Waals surface area contributed by atoms with Crippen LogP contribution < -0.4 is 5.32 Å². The second kappa shape index (κ2) is 5.17. The van der Waals surface area contributed by atoms with Gasteiger partial charge in [-0.05, 0) is 37.9 Å². The Morgan fingerprint density at radius 2 is 2.21 bits per heavy atom. The summed E-state index contributed by atoms with van der Waals surface area (Å²) in [6, 6.07) is 4.43. The molecule has 2 unspecified atom stereocenters. The Labute approximate surface area is 112 Å². The third kappa shape index (κ3) is 2.56. The van der Waals surface area contributed by atoms with Gasteiger partial charge < -0.3 is 10.4 Å². The summed E-state index contributed by atoms with van der Waals surface area (Å²) in [5, 5.41) is 12.3. The van der Waals surface area contributed by atoms with Crippen LogP contribution in [0.5, 0.6) is 0 Å². The number of aromatic nitrogens is 1. The molecule has 0 radical (unpaired) electrons. The lowest BCUT2D eigenvalue weighted by molar-refractivity contribution is 0.0696. The highest BCUT2D eigenvalue weighted by molar-refractivity contribution is 5.87. The molecule has 2 N–H and O–H groups in total. The highest BCUT2D eigenvalue weighted by Crippen LogP contribution is 2.28. The van der Waals surface area contributed by atoms with E-state index in [1.807, 2.05) is 0 Å². The second-order valence-corrected chi connectivity index (χ2v) is 5.38. The summed E-state index contributed by atoms with van der Waals surface area (Å²) in [6.07, 6.45) is 6.44. The monoisotopic (exact) mass is 261 g/mol. The number of anilines is 1. The van der Waals surface area contributed by atoms with Gasteiger partial charge in [-0.2, -0.15) is 0 Å². The Kier molecular flexibility index (Phi) is 3.38. The van der Waals surface area contributed by atoms with Crippen molar-refractivity contribution in [1.82, 2.24) is 9.88 Å². The number of hydrogen-bond acceptors (Lipinski definition) is 4. The normalized spacial score (nSPS) is 26.9. The number of carboxylic acids is 1. The topological polar surface area (TPSA) is 65.5 Å². The average Bonchev–Trinajstić information content (AvgIpc) is 2.83. The highest BCUT2D eigenvalue weighted by atomic mass is 16.4. The molecule has 0 saturated carbocycles. The van der Waals surface area contributed by atoms with Crippen LogP contribution in [0.1, 0.15) is 36.0 Å². The fourth-order valence-electron chi connectivity index (χ4n) is 3.21. The number of hydrogen-bond donors (Lipinski definition) is 2. The van der Waals surface area contributed by atoms with Gasteiger partial charge in [0.05, 0.1) is 5.56 Å². The van der Waals surface area contributed by atoms with Gasteiger partial charge >= 0.3 is 5.97 Å². The Morgan fingerprint density at radius 1 is 1.32 bits per heavy atom. The fourth-order valence-corrected chi connectivity index (χ4v) is 3.21. The molecular formula is C14H19N3O2. The van der Waals surface area contributed by atoms with Crippen molar-refractivity contribution in [3.63, 3.8) is 0 Å². The summed E-state index contributed by atoms with van der Waals surface area (Å²) in [7, 11) is 0. The van der Waals surface area contributed by atoms with Gasteiger partial charge in [0.1, 0.15) is 5.82 Å². The standard InChI is InChI=1S/C14H19N3O2/c18-14(19)10-4-5-13(15-9-10)16-11-6-8-17-7-2-1-3-12(11)17/h4-5,9,11-12H,1-3,6-8H2,(H,15,16)(H,18,19). The largest absolute Gasteiger partial charge is 0.478 e. The molecule has 5 nitrogen and oxygen atoms in total. The first-order valence-corrected chi connectivity index (χ1v) is 6.94. The Bertz CT molecular complexity index is 460. The van der Waals surface area contributed by atoms with Crippen molar-refractivity contribution in [2.24, 2.45) is 0 Å². The lowest BCUT2D eigenvalue weighted by atomic mass is 9.99. The third-order valence-corrected chi connectivity index (χ3v) is 4.20. The summed E-state index contributed by atoms with van der Waals surface area (Å²) in [4.78, 5) is 17.5. The first-order valence-electron chi connectivity index (χ1n) is 6.94. The van der Waals surface area contributed by atoms with E-state index in [1.165, 1.54) is 32.0 Å². The fraction of sp³-hybridized carbons (Fsp3) is 0.571. The Morgan fingerprint density at radius 3 is 2.95 bits per heavy atom. The maximum absolute atomic E-state index is 10.8. The molecule has 3 heterocycles. The molecule has 0 amide bonds. The predicted octanol–water partition coefficient (Wildman–Crippen LogP) is 1.82. The minimum absolute atomic E-state index is 0.233. The summed E-state index contributed by atoms with van der Waals surface area (Å²) in [5.41, 5.74) is 0.233. The van der Waals surface area contributed by atoms with Crippen molar-refractivity contribution in [3.05, 3.63) is 23.9 Å². The van der Waals surface area contributed by atoms with Crippen LogP contribution in [0.2, 0.25) is 0 Å². The molecule has 1 aromatic heterocycles. The van der Waals surface area contributed by atoms with Crippen LogP contribution in [0, 0.1) is 0 Å². The first kappa shape index (κ1) is 12.4. The average molecular weight is 261 g/mol. The molecule has 19 heavy (non-hydrogen) atoms. The van der Waals surface area contributed by atoms with Crippen molar-refractivity contribution in [2.45, 2.75) is 37.8 Å². The van der Waals surface area contributed by atoms with Crippen molar-refractivity contribution in [3.8, 4) is 0 Å². The van der Waals surface area contributed by atoms with Gasteiger partial charge in [0.25, 0.3) is 0 Å². The molecule has 2 aliphatic heterocycles. The lowest BCUT2D eigenvalue weighted by Crippen LogP contribution is -2.41. The molecule has 5 heteroatoms. The maximum atomic E-state index is 10.8. The van der Waals surface area contributed by atoms with Crippen molar-refractivity contribution in [2.75, 3.05) is 18.4 Å². The van der Waals surface area contributed by atoms with E-state index >= 15 is 0 Å². The second-order valence-electron chi connectivity index (χ2n) is 5.38. The number of nitrogens with one attached hydrogen (secondary N) is 1. The lowest BCUT2D eigenvalue weighted by Gasteiger charge is -2.32. The molecular weight excluding hydrogens is 242 g/mol. The number of aromatic carboxylic acids is 1. The Balaban J connectivity index is 1.66. The van der Waals surface area contributed by atoms with Gasteiger partial charge in [-0.25, -0.2) is 9.78 Å². The van der Waals surface area contributed by atoms with Crippen molar-refractivity contribution in [1.29, 1.82) is 0 Å². The zero-order valence-corrected chi connectivity index (χ0v) is 10.9. The summed E-state index contributed by atoms with van der Waals surface area (Å²) < 4.78 is 0. The molecule has 2 fully saturated rings. The highest BCUT2D eigenvalue weighted by Gasteiger charge is 2.35. The van der Waals surface area contributed by atoms with Gasteiger partial charge in [-0.3, -0.25) is 4.90 Å². The number of piperidine rings is 1. The van der Waals surface area contributed by atoms with E-state index in [0.717, 1.165) is 18.8 Å². The quantitative estimate of drug-likeness (QED) is 0.869. The molecule has 0 spiro atoms. The number of nitrogens with zero attached hydrogens (tertiary/aromatic N) is 2. The number of carbonyl (C=O) groups is 1. The van der Waals surface area contributed by atoms with Gasteiger partial charge in [0, 0.05) is 24.8 Å². The SMILES string of the molecule is O=C(O)c1ccc(NC2CCN3CCCCC23)nc1. The van der Waals surface area contributed by atoms with Gasteiger partial charge in [-0.1, -0.05) is 6.42 Å². The van der Waals surface area contributed by atoms with Crippen LogP contribution in [0.15, 0.2) is 18.3 Å². The first-order chi connectivity index (χ1) is 9.24. The predicted molar refractivity (Wildman–Crippen MR) is 72.4 cm³/mol. The summed E-state index contributed by atoms with van der Waals surface area (Å²) in [5.74, 6) is -0.152. The van der Waals surface area contributed by atoms with Crippen LogP contribution >= 0.6 is 0 Å². The molecule has 0 bridgehead atoms. The van der Waals surface area contributed by atoms with E-state index in [2.05, 4.69) is 15.2 Å². The zero-order valence-electron chi connectivity index (χ0n) is 10.9. The molecule has 2 saturated heterocycles. The number of carboxylic acid groups (broad SMARTS) is 1. The van der Waals surface area contributed by atoms with E-state index in [9.17, 15) is 4.79 Å². The molecule has 0 aromatic carbocycles. The number of pyridine rings is 1. The smallest absolute Gasteiger partial charge is 0.337 e. The van der Waals surface area contributed by atoms with Crippen molar-refractivity contribution < 1.29 is 9.90 Å². The van der Waals surface area contributed by atoms with E-state index < -0.39 is 5.97 Å². The van der Waals surface area contributed by atoms with Gasteiger partial charge in [-0.15, -0.1) is 0 Å². The zero-order chi connectivity index (χ0) is 13.2. The number of fused-ring (bicyclic) bond motifs is 1. The van der Waals surface area contributed by atoms with Crippen LogP contribution in [0.4, 0.5) is 5.82 Å². The van der Waals surface area contributed by atoms with Crippen LogP contribution in [0.25, 0.3) is 0 Å². The third-order valence-electron chi connectivity index (χ3n) is 4.20. The van der Waals surface area contributed by atoms with Crippen LogP contribution in [-0.2, 0) is 0 Å². The van der Waals surface area contributed by atoms with E-state index in [-0.39, 0.29) is 5.56 Å². The molecule has 2 aliphatic rings. The molecule has 1 aromatic rings. The van der Waals surface area contributed by atoms with Crippen molar-refractivity contribution >= 4 is 11.8 Å². The van der Waals surface area contributed by atoms with E-state index in [1.54, 1.807) is 12.1 Å². The molecule has 3 rings (SSSR count). The number of rotatable bonds is 3. The summed E-state index contributed by atoms with van der Waals surface area (Å²) >= 11 is 0. The Hall–Kier alpha value is -1.62. The van der Waals surface area contributed by atoms with Crippen LogP contribution in [-0.4, -0.2) is 46.1 Å². The molecule has 0 aliphatic carbocycles. The summed E-state index contributed by atoms with van der Waals surface area (Å²) in [6.45, 7) is 2.38. The van der Waals surface area contributed by atoms with Gasteiger partial charge in [0.15, 0.2) is 0 Å². The molecule has 102 valence electrons. The van der Waals surface area contributed by atoms with Gasteiger partial charge in [0.2, 0.25) is 0 Å². The molecule has 2 atom stereocenters. The maximum Gasteiger partial charge on any atom is 0.337 e. The van der Waals surface area contributed by atoms with E-state index in [4.69, 9.17) is 5.11 Å².